The minimum Gasteiger partial charge on any atom is -0.382 e. The van der Waals surface area contributed by atoms with E-state index in [0.717, 1.165) is 25.1 Å². The van der Waals surface area contributed by atoms with Crippen LogP contribution in [0.2, 0.25) is 0 Å². The fourth-order valence-electron chi connectivity index (χ4n) is 2.11. The summed E-state index contributed by atoms with van der Waals surface area (Å²) in [5, 5.41) is 6.18. The number of hydrogen-bond donors (Lipinski definition) is 2. The van der Waals surface area contributed by atoms with Gasteiger partial charge in [-0.2, -0.15) is 0 Å². The summed E-state index contributed by atoms with van der Waals surface area (Å²) in [5.74, 6) is 0.0719. The quantitative estimate of drug-likeness (QED) is 0.751. The van der Waals surface area contributed by atoms with E-state index in [2.05, 4.69) is 16.7 Å². The minimum atomic E-state index is -0.130. The minimum absolute atomic E-state index is 0.0719. The second-order valence-corrected chi connectivity index (χ2v) is 4.40. The van der Waals surface area contributed by atoms with E-state index >= 15 is 0 Å². The molecular weight excluding hydrogens is 228 g/mol. The molecule has 1 aromatic rings. The molecule has 4 nitrogen and oxygen atoms in total. The summed E-state index contributed by atoms with van der Waals surface area (Å²) in [5.41, 5.74) is 2.29. The average Bonchev–Trinajstić information content (AvgIpc) is 2.82. The second-order valence-electron chi connectivity index (χ2n) is 4.40. The van der Waals surface area contributed by atoms with Gasteiger partial charge in [0.2, 0.25) is 5.91 Å². The predicted molar refractivity (Wildman–Crippen MR) is 71.7 cm³/mol. The van der Waals surface area contributed by atoms with Crippen molar-refractivity contribution < 1.29 is 9.53 Å². The molecule has 1 amide bonds. The maximum Gasteiger partial charge on any atom is 0.242 e. The van der Waals surface area contributed by atoms with Crippen molar-refractivity contribution in [3.63, 3.8) is 0 Å². The van der Waals surface area contributed by atoms with Crippen molar-refractivity contribution in [2.75, 3.05) is 25.1 Å². The van der Waals surface area contributed by atoms with E-state index in [-0.39, 0.29) is 11.9 Å². The summed E-state index contributed by atoms with van der Waals surface area (Å²) in [6.45, 7) is 4.08. The molecule has 1 aromatic carbocycles. The first-order chi connectivity index (χ1) is 8.81. The lowest BCUT2D eigenvalue weighted by molar-refractivity contribution is -0.121. The van der Waals surface area contributed by atoms with Gasteiger partial charge in [-0.25, -0.2) is 0 Å². The van der Waals surface area contributed by atoms with Crippen LogP contribution >= 0.6 is 0 Å². The van der Waals surface area contributed by atoms with Gasteiger partial charge in [0.25, 0.3) is 0 Å². The lowest BCUT2D eigenvalue weighted by Crippen LogP contribution is -2.39. The van der Waals surface area contributed by atoms with Crippen molar-refractivity contribution in [2.24, 2.45) is 0 Å². The standard InChI is InChI=1S/C14H20N2O2/c1-2-18-9-5-8-15-14(17)13-10-11-6-3-4-7-12(11)16-13/h3-4,6-7,13,16H,2,5,8-10H2,1H3,(H,15,17). The normalized spacial score (nSPS) is 17.1. The monoisotopic (exact) mass is 248 g/mol. The summed E-state index contributed by atoms with van der Waals surface area (Å²) in [6.07, 6.45) is 1.63. The molecule has 98 valence electrons. The Morgan fingerprint density at radius 1 is 1.50 bits per heavy atom. The van der Waals surface area contributed by atoms with Crippen LogP contribution in [-0.4, -0.2) is 31.7 Å². The van der Waals surface area contributed by atoms with Crippen molar-refractivity contribution in [1.82, 2.24) is 5.32 Å². The van der Waals surface area contributed by atoms with Crippen LogP contribution in [0.25, 0.3) is 0 Å². The third-order valence-electron chi connectivity index (χ3n) is 3.06. The zero-order chi connectivity index (χ0) is 12.8. The molecule has 2 rings (SSSR count). The number of carbonyl (C=O) groups is 1. The Bertz CT molecular complexity index is 382. The van der Waals surface area contributed by atoms with Crippen molar-refractivity contribution in [1.29, 1.82) is 0 Å². The molecule has 18 heavy (non-hydrogen) atoms. The van der Waals surface area contributed by atoms with Crippen LogP contribution < -0.4 is 10.6 Å². The topological polar surface area (TPSA) is 50.4 Å². The Labute approximate surface area is 108 Å². The average molecular weight is 248 g/mol. The third kappa shape index (κ3) is 3.23. The Morgan fingerprint density at radius 3 is 3.11 bits per heavy atom. The van der Waals surface area contributed by atoms with Gasteiger partial charge in [-0.05, 0) is 25.0 Å². The van der Waals surface area contributed by atoms with E-state index < -0.39 is 0 Å². The smallest absolute Gasteiger partial charge is 0.242 e. The SMILES string of the molecule is CCOCCCNC(=O)C1Cc2ccccc2N1. The molecule has 0 bridgehead atoms. The van der Waals surface area contributed by atoms with Crippen molar-refractivity contribution in [3.05, 3.63) is 29.8 Å². The lowest BCUT2D eigenvalue weighted by Gasteiger charge is -2.11. The molecule has 1 heterocycles. The number of nitrogens with one attached hydrogen (secondary N) is 2. The molecule has 0 fully saturated rings. The van der Waals surface area contributed by atoms with Gasteiger partial charge in [-0.3, -0.25) is 4.79 Å². The summed E-state index contributed by atoms with van der Waals surface area (Å²) in [6, 6.07) is 7.92. The third-order valence-corrected chi connectivity index (χ3v) is 3.06. The molecule has 0 aromatic heterocycles. The van der Waals surface area contributed by atoms with Gasteiger partial charge in [0.05, 0.1) is 0 Å². The number of fused-ring (bicyclic) bond motifs is 1. The van der Waals surface area contributed by atoms with Gasteiger partial charge in [-0.1, -0.05) is 18.2 Å². The Kier molecular flexibility index (Phi) is 4.59. The Morgan fingerprint density at radius 2 is 2.33 bits per heavy atom. The molecule has 0 saturated heterocycles. The Balaban J connectivity index is 1.72. The molecule has 1 unspecified atom stereocenters. The van der Waals surface area contributed by atoms with Crippen LogP contribution in [0, 0.1) is 0 Å². The highest BCUT2D eigenvalue weighted by Gasteiger charge is 2.25. The number of carbonyl (C=O) groups excluding carboxylic acids is 1. The second kappa shape index (κ2) is 6.40. The first kappa shape index (κ1) is 12.9. The highest BCUT2D eigenvalue weighted by atomic mass is 16.5. The molecular formula is C14H20N2O2. The van der Waals surface area contributed by atoms with Gasteiger partial charge in [0, 0.05) is 31.9 Å². The largest absolute Gasteiger partial charge is 0.382 e. The fraction of sp³-hybridized carbons (Fsp3) is 0.500. The van der Waals surface area contributed by atoms with Crippen LogP contribution in [0.3, 0.4) is 0 Å². The number of hydrogen-bond acceptors (Lipinski definition) is 3. The van der Waals surface area contributed by atoms with Crippen LogP contribution in [0.1, 0.15) is 18.9 Å². The van der Waals surface area contributed by atoms with E-state index in [1.165, 1.54) is 5.56 Å². The number of ether oxygens (including phenoxy) is 1. The van der Waals surface area contributed by atoms with Gasteiger partial charge in [-0.15, -0.1) is 0 Å². The summed E-state index contributed by atoms with van der Waals surface area (Å²) in [7, 11) is 0. The molecule has 4 heteroatoms. The number of amides is 1. The van der Waals surface area contributed by atoms with Crippen LogP contribution in [-0.2, 0) is 16.0 Å². The van der Waals surface area contributed by atoms with E-state index in [4.69, 9.17) is 4.74 Å². The van der Waals surface area contributed by atoms with Gasteiger partial charge in [0.1, 0.15) is 6.04 Å². The molecule has 0 aliphatic carbocycles. The summed E-state index contributed by atoms with van der Waals surface area (Å²) in [4.78, 5) is 11.9. The highest BCUT2D eigenvalue weighted by Crippen LogP contribution is 2.24. The van der Waals surface area contributed by atoms with Gasteiger partial charge in [0.15, 0.2) is 0 Å². The van der Waals surface area contributed by atoms with E-state index in [1.54, 1.807) is 0 Å². The predicted octanol–water partition coefficient (Wildman–Crippen LogP) is 1.57. The number of rotatable bonds is 6. The molecule has 0 spiro atoms. The molecule has 0 saturated carbocycles. The molecule has 0 radical (unpaired) electrons. The van der Waals surface area contributed by atoms with E-state index in [1.807, 2.05) is 25.1 Å². The Hall–Kier alpha value is -1.55. The van der Waals surface area contributed by atoms with Crippen molar-refractivity contribution in [3.8, 4) is 0 Å². The first-order valence-corrected chi connectivity index (χ1v) is 6.51. The van der Waals surface area contributed by atoms with Crippen LogP contribution in [0.4, 0.5) is 5.69 Å². The van der Waals surface area contributed by atoms with Crippen molar-refractivity contribution >= 4 is 11.6 Å². The number of benzene rings is 1. The number of para-hydroxylation sites is 1. The maximum atomic E-state index is 11.9. The lowest BCUT2D eigenvalue weighted by atomic mass is 10.1. The van der Waals surface area contributed by atoms with Crippen LogP contribution in [0.15, 0.2) is 24.3 Å². The molecule has 2 N–H and O–H groups in total. The molecule has 1 atom stereocenters. The first-order valence-electron chi connectivity index (χ1n) is 6.51. The molecule has 1 aliphatic heterocycles. The fourth-order valence-corrected chi connectivity index (χ4v) is 2.11. The van der Waals surface area contributed by atoms with Gasteiger partial charge < -0.3 is 15.4 Å². The zero-order valence-corrected chi connectivity index (χ0v) is 10.7. The summed E-state index contributed by atoms with van der Waals surface area (Å²) >= 11 is 0. The van der Waals surface area contributed by atoms with Crippen molar-refractivity contribution in [2.45, 2.75) is 25.8 Å². The number of anilines is 1. The highest BCUT2D eigenvalue weighted by molar-refractivity contribution is 5.87. The van der Waals surface area contributed by atoms with E-state index in [9.17, 15) is 4.79 Å². The maximum absolute atomic E-state index is 11.9. The zero-order valence-electron chi connectivity index (χ0n) is 10.7. The molecule has 1 aliphatic rings. The van der Waals surface area contributed by atoms with E-state index in [0.29, 0.717) is 13.2 Å². The van der Waals surface area contributed by atoms with Crippen LogP contribution in [0.5, 0.6) is 0 Å². The van der Waals surface area contributed by atoms with Gasteiger partial charge >= 0.3 is 0 Å². The summed E-state index contributed by atoms with van der Waals surface area (Å²) < 4.78 is 5.22.